The molecule has 14 nitrogen and oxygen atoms in total. The van der Waals surface area contributed by atoms with Crippen LogP contribution in [0.1, 0.15) is 73.1 Å². The van der Waals surface area contributed by atoms with Crippen molar-refractivity contribution in [3.8, 4) is 11.5 Å². The van der Waals surface area contributed by atoms with Crippen molar-refractivity contribution in [3.63, 3.8) is 0 Å². The molecule has 0 radical (unpaired) electrons. The summed E-state index contributed by atoms with van der Waals surface area (Å²) in [5.74, 6) is 0.389. The van der Waals surface area contributed by atoms with Crippen LogP contribution in [0.25, 0.3) is 10.2 Å². The number of phenolic OH excluding ortho intramolecular Hbond substituents is 1. The van der Waals surface area contributed by atoms with E-state index in [-0.39, 0.29) is 48.3 Å². The molecule has 3 aromatic carbocycles. The number of aromatic hydroxyl groups is 1. The fraction of sp³-hybridized carbons (Fsp3) is 0.542. The Morgan fingerprint density at radius 1 is 0.968 bits per heavy atom. The number of rotatable bonds is 19. The van der Waals surface area contributed by atoms with Crippen molar-refractivity contribution in [3.05, 3.63) is 82.4 Å². The normalized spacial score (nSPS) is 18.0. The zero-order valence-corrected chi connectivity index (χ0v) is 37.1. The quantitative estimate of drug-likeness (QED) is 0.0787. The number of nitrogens with one attached hydrogen (secondary N) is 2. The fourth-order valence-electron chi connectivity index (χ4n) is 9.38. The van der Waals surface area contributed by atoms with E-state index in [1.807, 2.05) is 35.2 Å². The monoisotopic (exact) mass is 882 g/mol. The molecule has 0 atom stereocenters. The zero-order valence-electron chi connectivity index (χ0n) is 36.3. The summed E-state index contributed by atoms with van der Waals surface area (Å²) < 4.78 is 25.0. The number of phenols is 1. The summed E-state index contributed by atoms with van der Waals surface area (Å²) in [4.78, 5) is 49.6. The third-order valence-corrected chi connectivity index (χ3v) is 13.8. The van der Waals surface area contributed by atoms with Gasteiger partial charge in [0, 0.05) is 51.9 Å². The first-order chi connectivity index (χ1) is 30.8. The number of benzene rings is 3. The predicted molar refractivity (Wildman–Crippen MR) is 242 cm³/mol. The number of piperidine rings is 1. The number of carbonyl (C=O) groups is 3. The van der Waals surface area contributed by atoms with Gasteiger partial charge in [0.2, 0.25) is 11.8 Å². The van der Waals surface area contributed by atoms with Crippen LogP contribution in [0.3, 0.4) is 0 Å². The van der Waals surface area contributed by atoms with Gasteiger partial charge in [-0.1, -0.05) is 61.7 Å². The third kappa shape index (κ3) is 12.1. The molecule has 0 unspecified atom stereocenters. The first kappa shape index (κ1) is 44.9. The van der Waals surface area contributed by atoms with E-state index in [4.69, 9.17) is 18.9 Å². The Balaban J connectivity index is 0.722. The number of morpholine rings is 1. The van der Waals surface area contributed by atoms with Gasteiger partial charge in [-0.3, -0.25) is 19.3 Å². The third-order valence-electron chi connectivity index (χ3n) is 12.8. The standard InChI is InChI=1S/C48H62N6O8S/c55-40-14-13-37(47-46(40)51-42(56)31-61-47)15-20-49-21-24-54(38-9-2-1-3-10-38)44(57)17-27-59-26-16-35-7-6-8-36(29-35)30-52-22-18-48(19-23-52)34-53(25-28-62-48)45(58)33-60-32-43-50-39-11-4-5-12-41(39)63-43/h4-8,11-14,29,38,49,55H,1-3,9-10,15-28,30-34H2,(H,51,56). The molecular formula is C48H62N6O8S. The average Bonchev–Trinajstić information content (AvgIpc) is 3.72. The van der Waals surface area contributed by atoms with Crippen LogP contribution in [0.15, 0.2) is 60.7 Å². The Morgan fingerprint density at radius 2 is 1.81 bits per heavy atom. The van der Waals surface area contributed by atoms with Gasteiger partial charge >= 0.3 is 0 Å². The highest BCUT2D eigenvalue weighted by Gasteiger charge is 2.41. The van der Waals surface area contributed by atoms with Crippen molar-refractivity contribution in [1.29, 1.82) is 0 Å². The van der Waals surface area contributed by atoms with E-state index in [0.717, 1.165) is 85.4 Å². The molecular weight excluding hydrogens is 821 g/mol. The summed E-state index contributed by atoms with van der Waals surface area (Å²) in [5.41, 5.74) is 4.39. The van der Waals surface area contributed by atoms with Gasteiger partial charge in [0.25, 0.3) is 5.91 Å². The lowest BCUT2D eigenvalue weighted by molar-refractivity contribution is -0.163. The summed E-state index contributed by atoms with van der Waals surface area (Å²) in [7, 11) is 0. The van der Waals surface area contributed by atoms with Crippen molar-refractivity contribution >= 4 is 45.0 Å². The van der Waals surface area contributed by atoms with Crippen LogP contribution < -0.4 is 15.4 Å². The minimum atomic E-state index is -0.309. The van der Waals surface area contributed by atoms with E-state index in [2.05, 4.69) is 49.7 Å². The van der Waals surface area contributed by atoms with Crippen molar-refractivity contribution in [1.82, 2.24) is 25.0 Å². The molecule has 8 rings (SSSR count). The van der Waals surface area contributed by atoms with Gasteiger partial charge in [0.05, 0.1) is 48.7 Å². The molecule has 1 aliphatic carbocycles. The summed E-state index contributed by atoms with van der Waals surface area (Å²) in [6.45, 7) is 7.67. The highest BCUT2D eigenvalue weighted by atomic mass is 32.1. The smallest absolute Gasteiger partial charge is 0.262 e. The van der Waals surface area contributed by atoms with Gasteiger partial charge in [-0.15, -0.1) is 11.3 Å². The molecule has 15 heteroatoms. The molecule has 0 bridgehead atoms. The minimum Gasteiger partial charge on any atom is -0.506 e. The molecule has 63 heavy (non-hydrogen) atoms. The zero-order chi connectivity index (χ0) is 43.4. The van der Waals surface area contributed by atoms with Crippen molar-refractivity contribution in [2.45, 2.75) is 89.0 Å². The number of nitrogens with zero attached hydrogens (tertiary/aromatic N) is 4. The molecule has 4 aliphatic rings. The van der Waals surface area contributed by atoms with E-state index in [1.165, 1.54) is 17.5 Å². The largest absolute Gasteiger partial charge is 0.506 e. The number of hydrogen-bond acceptors (Lipinski definition) is 12. The average molecular weight is 883 g/mol. The highest BCUT2D eigenvalue weighted by molar-refractivity contribution is 7.18. The number of amides is 3. The number of hydrogen-bond donors (Lipinski definition) is 3. The van der Waals surface area contributed by atoms with Gasteiger partial charge in [-0.2, -0.15) is 0 Å². The van der Waals surface area contributed by atoms with E-state index in [0.29, 0.717) is 83.4 Å². The van der Waals surface area contributed by atoms with Gasteiger partial charge in [-0.05, 0) is 80.0 Å². The van der Waals surface area contributed by atoms with E-state index >= 15 is 0 Å². The SMILES string of the molecule is O=C1COc2c(CCNCCN(C(=O)CCOCCc3cccc(CN4CCC5(CC4)CN(C(=O)COCc4nc6ccccc6s4)CCO5)c3)C3CCCCC3)ccc(O)c2N1. The molecule has 2 saturated heterocycles. The van der Waals surface area contributed by atoms with Crippen molar-refractivity contribution < 1.29 is 38.4 Å². The van der Waals surface area contributed by atoms with Crippen LogP contribution in [-0.4, -0.2) is 133 Å². The second kappa shape index (κ2) is 21.8. The van der Waals surface area contributed by atoms with Crippen LogP contribution in [0, 0.1) is 0 Å². The molecule has 3 fully saturated rings. The second-order valence-corrected chi connectivity index (χ2v) is 18.4. The van der Waals surface area contributed by atoms with Crippen LogP contribution in [-0.2, 0) is 54.6 Å². The van der Waals surface area contributed by atoms with Crippen LogP contribution in [0.2, 0.25) is 0 Å². The number of ether oxygens (including phenoxy) is 4. The van der Waals surface area contributed by atoms with Crippen LogP contribution >= 0.6 is 11.3 Å². The Hall–Kier alpha value is -4.64. The first-order valence-electron chi connectivity index (χ1n) is 22.8. The maximum Gasteiger partial charge on any atom is 0.262 e. The Bertz CT molecular complexity index is 2140. The number of likely N-dealkylation sites (tertiary alicyclic amines) is 1. The van der Waals surface area contributed by atoms with Crippen molar-refractivity contribution in [2.75, 3.05) is 84.2 Å². The molecule has 1 aromatic heterocycles. The van der Waals surface area contributed by atoms with Gasteiger partial charge in [0.1, 0.15) is 23.1 Å². The number of aromatic nitrogens is 1. The summed E-state index contributed by atoms with van der Waals surface area (Å²) in [5, 5.41) is 17.2. The second-order valence-electron chi connectivity index (χ2n) is 17.3. The maximum absolute atomic E-state index is 13.6. The first-order valence-corrected chi connectivity index (χ1v) is 23.6. The molecule has 1 spiro atoms. The van der Waals surface area contributed by atoms with Crippen LogP contribution in [0.4, 0.5) is 5.69 Å². The van der Waals surface area contributed by atoms with E-state index in [1.54, 1.807) is 17.4 Å². The van der Waals surface area contributed by atoms with Gasteiger partial charge < -0.3 is 44.5 Å². The van der Waals surface area contributed by atoms with Gasteiger partial charge in [-0.25, -0.2) is 4.98 Å². The lowest BCUT2D eigenvalue weighted by Gasteiger charge is -2.47. The van der Waals surface area contributed by atoms with E-state index < -0.39 is 0 Å². The molecule has 4 aromatic rings. The topological polar surface area (TPSA) is 155 Å². The summed E-state index contributed by atoms with van der Waals surface area (Å²) >= 11 is 1.60. The molecule has 3 N–H and O–H groups in total. The summed E-state index contributed by atoms with van der Waals surface area (Å²) in [6.07, 6.45) is 9.18. The fourth-order valence-corrected chi connectivity index (χ4v) is 10.3. The Kier molecular flexibility index (Phi) is 15.6. The van der Waals surface area contributed by atoms with E-state index in [9.17, 15) is 19.5 Å². The lowest BCUT2D eigenvalue weighted by atomic mass is 9.89. The number of anilines is 1. The Labute approximate surface area is 374 Å². The number of fused-ring (bicyclic) bond motifs is 2. The number of thiazole rings is 1. The van der Waals surface area contributed by atoms with Crippen molar-refractivity contribution in [2.24, 2.45) is 0 Å². The summed E-state index contributed by atoms with van der Waals surface area (Å²) in [6, 6.07) is 20.4. The number of para-hydroxylation sites is 1. The molecule has 3 aliphatic heterocycles. The van der Waals surface area contributed by atoms with Crippen LogP contribution in [0.5, 0.6) is 11.5 Å². The minimum absolute atomic E-state index is 0.00619. The molecule has 4 heterocycles. The predicted octanol–water partition coefficient (Wildman–Crippen LogP) is 5.69. The lowest BCUT2D eigenvalue weighted by Crippen LogP contribution is -2.58. The molecule has 338 valence electrons. The molecule has 3 amide bonds. The highest BCUT2D eigenvalue weighted by Crippen LogP contribution is 2.39. The number of carbonyl (C=O) groups excluding carboxylic acids is 3. The maximum atomic E-state index is 13.6. The van der Waals surface area contributed by atoms with Gasteiger partial charge in [0.15, 0.2) is 12.4 Å². The Morgan fingerprint density at radius 3 is 2.67 bits per heavy atom. The molecule has 1 saturated carbocycles.